The normalized spacial score (nSPS) is 33.9. The van der Waals surface area contributed by atoms with E-state index in [0.29, 0.717) is 23.1 Å². The maximum Gasteiger partial charge on any atom is 0.227 e. The van der Waals surface area contributed by atoms with E-state index in [4.69, 9.17) is 0 Å². The number of hydrogen-bond acceptors (Lipinski definition) is 2. The quantitative estimate of drug-likeness (QED) is 0.712. The summed E-state index contributed by atoms with van der Waals surface area (Å²) in [5, 5.41) is 0.415. The van der Waals surface area contributed by atoms with Gasteiger partial charge in [-0.15, -0.1) is 11.8 Å². The fraction of sp³-hybridized carbons (Fsp3) is 0.533. The highest BCUT2D eigenvalue weighted by Crippen LogP contribution is 2.50. The zero-order chi connectivity index (χ0) is 12.1. The number of fused-ring (bicyclic) bond motifs is 4. The van der Waals surface area contributed by atoms with Crippen molar-refractivity contribution in [2.75, 3.05) is 0 Å². The molecule has 3 heteroatoms. The van der Waals surface area contributed by atoms with Crippen molar-refractivity contribution in [2.24, 2.45) is 11.8 Å². The summed E-state index contributed by atoms with van der Waals surface area (Å²) in [6.45, 7) is 0.833. The van der Waals surface area contributed by atoms with Crippen LogP contribution in [-0.4, -0.2) is 16.2 Å². The molecule has 0 aromatic heterocycles. The van der Waals surface area contributed by atoms with E-state index in [9.17, 15) is 4.79 Å². The highest BCUT2D eigenvalue weighted by Gasteiger charge is 2.50. The number of hydrogen-bond donors (Lipinski definition) is 0. The average Bonchev–Trinajstić information content (AvgIpc) is 2.71. The molecule has 0 spiro atoms. The summed E-state index contributed by atoms with van der Waals surface area (Å²) < 4.78 is 0. The van der Waals surface area contributed by atoms with E-state index >= 15 is 0 Å². The van der Waals surface area contributed by atoms with Gasteiger partial charge in [0.15, 0.2) is 0 Å². The van der Waals surface area contributed by atoms with Gasteiger partial charge in [0.1, 0.15) is 0 Å². The van der Waals surface area contributed by atoms with Crippen LogP contribution < -0.4 is 0 Å². The summed E-state index contributed by atoms with van der Waals surface area (Å²) in [6.07, 6.45) is 4.91. The highest BCUT2D eigenvalue weighted by molar-refractivity contribution is 8.00. The molecule has 2 nitrogen and oxygen atoms in total. The van der Waals surface area contributed by atoms with Gasteiger partial charge in [0, 0.05) is 23.3 Å². The van der Waals surface area contributed by atoms with Crippen LogP contribution in [0.25, 0.3) is 0 Å². The topological polar surface area (TPSA) is 20.3 Å². The van der Waals surface area contributed by atoms with E-state index in [-0.39, 0.29) is 0 Å². The predicted octanol–water partition coefficient (Wildman–Crippen LogP) is 3.27. The van der Waals surface area contributed by atoms with Gasteiger partial charge < -0.3 is 4.90 Å². The zero-order valence-corrected chi connectivity index (χ0v) is 11.2. The van der Waals surface area contributed by atoms with Crippen LogP contribution in [-0.2, 0) is 11.3 Å². The van der Waals surface area contributed by atoms with Crippen LogP contribution >= 0.6 is 11.8 Å². The minimum Gasteiger partial charge on any atom is -0.325 e. The number of thioether (sulfide) groups is 1. The SMILES string of the molecule is O=C1C2CCCCC2C2Sc3ccccc3CN12. The first kappa shape index (κ1) is 10.9. The second-order valence-corrected chi connectivity index (χ2v) is 6.80. The molecule has 3 aliphatic rings. The first-order valence-corrected chi connectivity index (χ1v) is 7.77. The number of rotatable bonds is 0. The first-order chi connectivity index (χ1) is 8.84. The molecular weight excluding hydrogens is 242 g/mol. The molecule has 1 aliphatic carbocycles. The Morgan fingerprint density at radius 1 is 1.17 bits per heavy atom. The Hall–Kier alpha value is -0.960. The number of benzene rings is 1. The molecule has 1 aromatic carbocycles. The Morgan fingerprint density at radius 2 is 2.00 bits per heavy atom. The van der Waals surface area contributed by atoms with Crippen molar-refractivity contribution >= 4 is 17.7 Å². The Balaban J connectivity index is 1.71. The molecule has 4 rings (SSSR count). The Kier molecular flexibility index (Phi) is 2.44. The van der Waals surface area contributed by atoms with Crippen molar-refractivity contribution in [1.82, 2.24) is 4.90 Å². The lowest BCUT2D eigenvalue weighted by molar-refractivity contribution is -0.132. The molecule has 0 radical (unpaired) electrons. The average molecular weight is 259 g/mol. The number of amides is 1. The molecule has 94 valence electrons. The fourth-order valence-corrected chi connectivity index (χ4v) is 5.27. The van der Waals surface area contributed by atoms with Crippen molar-refractivity contribution in [2.45, 2.75) is 42.5 Å². The minimum absolute atomic E-state index is 0.325. The highest BCUT2D eigenvalue weighted by atomic mass is 32.2. The molecule has 1 saturated heterocycles. The molecule has 1 aromatic rings. The monoisotopic (exact) mass is 259 g/mol. The molecule has 2 fully saturated rings. The lowest BCUT2D eigenvalue weighted by atomic mass is 9.81. The van der Waals surface area contributed by atoms with Crippen LogP contribution in [0.4, 0.5) is 0 Å². The van der Waals surface area contributed by atoms with E-state index in [1.54, 1.807) is 0 Å². The van der Waals surface area contributed by atoms with Gasteiger partial charge in [0.05, 0.1) is 5.37 Å². The fourth-order valence-electron chi connectivity index (χ4n) is 3.76. The molecule has 18 heavy (non-hydrogen) atoms. The molecule has 2 aliphatic heterocycles. The standard InChI is InChI=1S/C15H17NOS/c17-14-11-6-2-3-7-12(11)15-16(14)9-10-5-1-4-8-13(10)18-15/h1,4-5,8,11-12,15H,2-3,6-7,9H2. The summed E-state index contributed by atoms with van der Waals surface area (Å²) in [5.74, 6) is 1.35. The van der Waals surface area contributed by atoms with E-state index in [1.165, 1.54) is 29.7 Å². The number of carbonyl (C=O) groups excluding carboxylic acids is 1. The molecule has 0 N–H and O–H groups in total. The molecular formula is C15H17NOS. The maximum absolute atomic E-state index is 12.5. The molecule has 1 saturated carbocycles. The molecule has 2 heterocycles. The lowest BCUT2D eigenvalue weighted by Crippen LogP contribution is -2.35. The Morgan fingerprint density at radius 3 is 2.94 bits per heavy atom. The van der Waals surface area contributed by atoms with Crippen LogP contribution in [0, 0.1) is 11.8 Å². The third-order valence-corrected chi connectivity index (χ3v) is 6.15. The maximum atomic E-state index is 12.5. The second kappa shape index (κ2) is 4.02. The number of nitrogens with zero attached hydrogens (tertiary/aromatic N) is 1. The molecule has 3 unspecified atom stereocenters. The third kappa shape index (κ3) is 1.46. The van der Waals surface area contributed by atoms with Crippen molar-refractivity contribution < 1.29 is 4.79 Å². The minimum atomic E-state index is 0.325. The van der Waals surface area contributed by atoms with Gasteiger partial charge in [0.25, 0.3) is 0 Å². The molecule has 3 atom stereocenters. The van der Waals surface area contributed by atoms with Crippen molar-refractivity contribution in [3.8, 4) is 0 Å². The van der Waals surface area contributed by atoms with Crippen molar-refractivity contribution in [3.05, 3.63) is 29.8 Å². The largest absolute Gasteiger partial charge is 0.325 e. The van der Waals surface area contributed by atoms with E-state index < -0.39 is 0 Å². The van der Waals surface area contributed by atoms with Gasteiger partial charge in [-0.25, -0.2) is 0 Å². The van der Waals surface area contributed by atoms with E-state index in [0.717, 1.165) is 13.0 Å². The van der Waals surface area contributed by atoms with Gasteiger partial charge in [-0.05, 0) is 24.5 Å². The summed E-state index contributed by atoms with van der Waals surface area (Å²) in [4.78, 5) is 16.0. The Bertz CT molecular complexity index is 501. The van der Waals surface area contributed by atoms with Gasteiger partial charge in [-0.1, -0.05) is 31.0 Å². The van der Waals surface area contributed by atoms with Gasteiger partial charge in [-0.3, -0.25) is 4.79 Å². The van der Waals surface area contributed by atoms with Crippen LogP contribution in [0.15, 0.2) is 29.2 Å². The summed E-state index contributed by atoms with van der Waals surface area (Å²) in [7, 11) is 0. The van der Waals surface area contributed by atoms with Crippen LogP contribution in [0.1, 0.15) is 31.2 Å². The Labute approximate surface area is 112 Å². The molecule has 1 amide bonds. The predicted molar refractivity (Wildman–Crippen MR) is 72.1 cm³/mol. The van der Waals surface area contributed by atoms with Crippen LogP contribution in [0.3, 0.4) is 0 Å². The van der Waals surface area contributed by atoms with Gasteiger partial charge >= 0.3 is 0 Å². The first-order valence-electron chi connectivity index (χ1n) is 6.89. The zero-order valence-electron chi connectivity index (χ0n) is 10.3. The summed E-state index contributed by atoms with van der Waals surface area (Å²) >= 11 is 1.92. The van der Waals surface area contributed by atoms with E-state index in [1.807, 2.05) is 11.8 Å². The second-order valence-electron chi connectivity index (χ2n) is 5.64. The van der Waals surface area contributed by atoms with E-state index in [2.05, 4.69) is 29.2 Å². The van der Waals surface area contributed by atoms with Gasteiger partial charge in [-0.2, -0.15) is 0 Å². The smallest absolute Gasteiger partial charge is 0.227 e. The van der Waals surface area contributed by atoms with Crippen LogP contribution in [0.2, 0.25) is 0 Å². The summed E-state index contributed by atoms with van der Waals surface area (Å²) in [5.41, 5.74) is 1.32. The third-order valence-electron chi connectivity index (χ3n) is 4.65. The van der Waals surface area contributed by atoms with Crippen LogP contribution in [0.5, 0.6) is 0 Å². The summed E-state index contributed by atoms with van der Waals surface area (Å²) in [6, 6.07) is 8.55. The van der Waals surface area contributed by atoms with Crippen molar-refractivity contribution in [1.29, 1.82) is 0 Å². The molecule has 0 bridgehead atoms. The van der Waals surface area contributed by atoms with Crippen molar-refractivity contribution in [3.63, 3.8) is 0 Å². The van der Waals surface area contributed by atoms with Gasteiger partial charge in [0.2, 0.25) is 5.91 Å². The lowest BCUT2D eigenvalue weighted by Gasteiger charge is -2.34. The number of carbonyl (C=O) groups is 1.